The van der Waals surface area contributed by atoms with Gasteiger partial charge in [-0.15, -0.1) is 29.1 Å². The summed E-state index contributed by atoms with van der Waals surface area (Å²) in [7, 11) is 1.59. The monoisotopic (exact) mass is 625 g/mol. The van der Waals surface area contributed by atoms with Crippen molar-refractivity contribution in [3.63, 3.8) is 0 Å². The van der Waals surface area contributed by atoms with Crippen molar-refractivity contribution >= 4 is 17.6 Å². The number of aryl methyl sites for hydroxylation is 1. The number of nitrogens with one attached hydrogen (secondary N) is 1. The summed E-state index contributed by atoms with van der Waals surface area (Å²) in [4.78, 5) is 22.7. The van der Waals surface area contributed by atoms with Gasteiger partial charge in [0.2, 0.25) is 5.82 Å². The summed E-state index contributed by atoms with van der Waals surface area (Å²) in [5.41, 5.74) is 4.60. The fourth-order valence-corrected chi connectivity index (χ4v) is 4.37. The molecule has 0 aromatic carbocycles. The van der Waals surface area contributed by atoms with Crippen molar-refractivity contribution in [2.24, 2.45) is 4.99 Å². The van der Waals surface area contributed by atoms with Gasteiger partial charge >= 0.3 is 0 Å². The highest BCUT2D eigenvalue weighted by Crippen LogP contribution is 2.24. The summed E-state index contributed by atoms with van der Waals surface area (Å²) >= 11 is 0. The minimum atomic E-state index is -0.136. The van der Waals surface area contributed by atoms with Gasteiger partial charge in [0, 0.05) is 43.2 Å². The molecule has 2 heterocycles. The molecule has 0 fully saturated rings. The van der Waals surface area contributed by atoms with E-state index in [0.717, 1.165) is 48.9 Å². The van der Waals surface area contributed by atoms with Crippen LogP contribution in [0.5, 0.6) is 0 Å². The lowest BCUT2D eigenvalue weighted by molar-refractivity contribution is 0.248. The second kappa shape index (κ2) is 22.8. The summed E-state index contributed by atoms with van der Waals surface area (Å²) in [5.74, 6) is 4.32. The number of hydrogen-bond acceptors (Lipinski definition) is 7. The zero-order valence-electron chi connectivity index (χ0n) is 28.6. The van der Waals surface area contributed by atoms with Gasteiger partial charge in [-0.3, -0.25) is 4.79 Å². The van der Waals surface area contributed by atoms with Gasteiger partial charge in [-0.25, -0.2) is 14.5 Å². The SMILES string of the molecule is C#CC/C=C(\C=C)Cc1c(CCCC)nc(C(C)C)n(C(=C)/N=C\COC)c1=O.C=CC.CCC1=CC=CCC=C1c1nn[nH]n1. The highest BCUT2D eigenvalue weighted by atomic mass is 16.5. The van der Waals surface area contributed by atoms with E-state index in [1.54, 1.807) is 25.5 Å². The smallest absolute Gasteiger partial charge is 0.263 e. The van der Waals surface area contributed by atoms with Crippen LogP contribution in [-0.2, 0) is 17.6 Å². The molecule has 1 aliphatic carbocycles. The number of methoxy groups -OCH3 is 1. The molecule has 9 nitrogen and oxygen atoms in total. The maximum atomic E-state index is 13.5. The van der Waals surface area contributed by atoms with Gasteiger partial charge in [0.05, 0.1) is 12.3 Å². The standard InChI is InChI=1S/C24H33N3O2.C10H12N4.C3H6/c1-8-11-13-20(10-3)17-21-22(14-12-9-2)26-23(18(4)5)27(24(21)28)19(6)25-15-16-29-7;1-2-8-6-4-3-5-7-9(8)10-11-13-14-12-10;1-3-2/h1,10,13,15,18H,3,6,9,11-12,14,16-17H2,2,4-5,7H3;3-4,6-7H,2,5H2,1H3,(H,11,12,13,14);3H,1H2,2H3/b20-13+,25-15-;;. The number of aromatic amines is 1. The molecule has 1 aliphatic rings. The van der Waals surface area contributed by atoms with Crippen LogP contribution in [0.15, 0.2) is 83.2 Å². The van der Waals surface area contributed by atoms with E-state index in [1.807, 2.05) is 26.8 Å². The maximum absolute atomic E-state index is 13.5. The Morgan fingerprint density at radius 3 is 2.61 bits per heavy atom. The quantitative estimate of drug-likeness (QED) is 0.100. The van der Waals surface area contributed by atoms with E-state index < -0.39 is 0 Å². The predicted octanol–water partition coefficient (Wildman–Crippen LogP) is 7.60. The fourth-order valence-electron chi connectivity index (χ4n) is 4.37. The average molecular weight is 626 g/mol. The summed E-state index contributed by atoms with van der Waals surface area (Å²) in [5, 5.41) is 14.0. The van der Waals surface area contributed by atoms with Crippen LogP contribution in [0, 0.1) is 12.3 Å². The van der Waals surface area contributed by atoms with Crippen molar-refractivity contribution in [2.75, 3.05) is 13.7 Å². The van der Waals surface area contributed by atoms with Crippen LogP contribution >= 0.6 is 0 Å². The number of nitrogens with zero attached hydrogens (tertiary/aromatic N) is 6. The first-order valence-electron chi connectivity index (χ1n) is 15.7. The zero-order valence-corrected chi connectivity index (χ0v) is 28.6. The normalized spacial score (nSPS) is 12.6. The summed E-state index contributed by atoms with van der Waals surface area (Å²) in [6.45, 7) is 21.7. The first-order valence-corrected chi connectivity index (χ1v) is 15.7. The highest BCUT2D eigenvalue weighted by molar-refractivity contribution is 5.75. The number of H-pyrrole nitrogens is 1. The number of aliphatic imine (C=N–C) groups is 1. The fraction of sp³-hybridized carbons (Fsp3) is 0.405. The van der Waals surface area contributed by atoms with Crippen molar-refractivity contribution in [3.05, 3.63) is 107 Å². The van der Waals surface area contributed by atoms with Crippen LogP contribution < -0.4 is 5.56 Å². The number of aromatic nitrogens is 6. The van der Waals surface area contributed by atoms with Crippen molar-refractivity contribution in [1.29, 1.82) is 0 Å². The van der Waals surface area contributed by atoms with Crippen molar-refractivity contribution in [3.8, 4) is 12.3 Å². The van der Waals surface area contributed by atoms with Gasteiger partial charge in [-0.1, -0.05) is 89.8 Å². The Bertz CT molecular complexity index is 1510. The van der Waals surface area contributed by atoms with Crippen LogP contribution in [0.1, 0.15) is 95.5 Å². The van der Waals surface area contributed by atoms with Gasteiger partial charge in [0.25, 0.3) is 5.56 Å². The Morgan fingerprint density at radius 2 is 2.04 bits per heavy atom. The van der Waals surface area contributed by atoms with E-state index in [-0.39, 0.29) is 11.5 Å². The molecule has 3 rings (SSSR count). The zero-order chi connectivity index (χ0) is 34.3. The van der Waals surface area contributed by atoms with Crippen LogP contribution in [0.25, 0.3) is 11.4 Å². The third-order valence-electron chi connectivity index (χ3n) is 6.64. The minimum Gasteiger partial charge on any atom is -0.379 e. The van der Waals surface area contributed by atoms with Crippen LogP contribution in [-0.4, -0.2) is 50.1 Å². The number of tetrazole rings is 1. The summed E-state index contributed by atoms with van der Waals surface area (Å²) in [6, 6.07) is 0. The molecule has 0 spiro atoms. The molecule has 0 radical (unpaired) electrons. The first kappa shape index (κ1) is 39.3. The second-order valence-corrected chi connectivity index (χ2v) is 10.5. The van der Waals surface area contributed by atoms with Gasteiger partial charge in [0.15, 0.2) is 0 Å². The molecule has 0 saturated carbocycles. The van der Waals surface area contributed by atoms with Gasteiger partial charge in [0.1, 0.15) is 11.6 Å². The van der Waals surface area contributed by atoms with E-state index in [9.17, 15) is 4.79 Å². The van der Waals surface area contributed by atoms with Crippen molar-refractivity contribution < 1.29 is 4.74 Å². The molecule has 0 atom stereocenters. The molecule has 0 amide bonds. The van der Waals surface area contributed by atoms with E-state index in [1.165, 1.54) is 10.1 Å². The predicted molar refractivity (Wildman–Crippen MR) is 192 cm³/mol. The molecule has 0 unspecified atom stereocenters. The largest absolute Gasteiger partial charge is 0.379 e. The van der Waals surface area contributed by atoms with E-state index in [2.05, 4.69) is 89.4 Å². The van der Waals surface area contributed by atoms with Crippen LogP contribution in [0.2, 0.25) is 0 Å². The molecule has 1 N–H and O–H groups in total. The molecular formula is C37H51N7O2. The number of ether oxygens (including phenoxy) is 1. The third-order valence-corrected chi connectivity index (χ3v) is 6.64. The van der Waals surface area contributed by atoms with E-state index in [0.29, 0.717) is 42.5 Å². The molecule has 0 bridgehead atoms. The summed E-state index contributed by atoms with van der Waals surface area (Å²) in [6.07, 6.45) is 26.4. The van der Waals surface area contributed by atoms with Gasteiger partial charge in [-0.05, 0) is 49.0 Å². The number of hydrogen-bond donors (Lipinski definition) is 1. The minimum absolute atomic E-state index is 0.0439. The molecule has 2 aromatic heterocycles. The number of terminal acetylenes is 1. The second-order valence-electron chi connectivity index (χ2n) is 10.5. The maximum Gasteiger partial charge on any atom is 0.263 e. The molecule has 246 valence electrons. The van der Waals surface area contributed by atoms with Crippen molar-refractivity contribution in [1.82, 2.24) is 30.2 Å². The molecule has 0 saturated heterocycles. The molecule has 9 heteroatoms. The first-order chi connectivity index (χ1) is 22.2. The van der Waals surface area contributed by atoms with Crippen LogP contribution in [0.3, 0.4) is 0 Å². The molecule has 0 aliphatic heterocycles. The Labute approximate surface area is 275 Å². The van der Waals surface area contributed by atoms with Gasteiger partial charge < -0.3 is 4.74 Å². The topological polar surface area (TPSA) is 111 Å². The van der Waals surface area contributed by atoms with E-state index in [4.69, 9.17) is 16.1 Å². The Kier molecular flexibility index (Phi) is 19.5. The van der Waals surface area contributed by atoms with Crippen LogP contribution in [0.4, 0.5) is 0 Å². The van der Waals surface area contributed by atoms with Crippen molar-refractivity contribution in [2.45, 2.75) is 85.5 Å². The third kappa shape index (κ3) is 12.7. The number of rotatable bonds is 14. The lowest BCUT2D eigenvalue weighted by atomic mass is 10.00. The molecule has 2 aromatic rings. The number of allylic oxidation sites excluding steroid dienone is 10. The lowest BCUT2D eigenvalue weighted by Crippen LogP contribution is -2.30. The molecule has 46 heavy (non-hydrogen) atoms. The molecular weight excluding hydrogens is 574 g/mol. The Balaban J connectivity index is 0.000000511. The average Bonchev–Trinajstić information content (AvgIpc) is 3.48. The lowest BCUT2D eigenvalue weighted by Gasteiger charge is -2.19. The van der Waals surface area contributed by atoms with E-state index >= 15 is 0 Å². The Hall–Kier alpha value is -4.68. The Morgan fingerprint density at radius 1 is 1.30 bits per heavy atom. The number of unbranched alkanes of at least 4 members (excludes halogenated alkanes) is 1. The summed E-state index contributed by atoms with van der Waals surface area (Å²) < 4.78 is 6.52. The highest BCUT2D eigenvalue weighted by Gasteiger charge is 2.20. The van der Waals surface area contributed by atoms with Gasteiger partial charge in [-0.2, -0.15) is 5.21 Å².